The van der Waals surface area contributed by atoms with Gasteiger partial charge in [0, 0.05) is 19.1 Å². The predicted molar refractivity (Wildman–Crippen MR) is 44.5 cm³/mol. The summed E-state index contributed by atoms with van der Waals surface area (Å²) in [6.07, 6.45) is 0.871. The van der Waals surface area contributed by atoms with E-state index in [1.807, 2.05) is 13.8 Å². The normalized spacial score (nSPS) is 24.2. The second-order valence-electron chi connectivity index (χ2n) is 2.92. The Morgan fingerprint density at radius 1 is 1.50 bits per heavy atom. The van der Waals surface area contributed by atoms with Gasteiger partial charge in [-0.05, 0) is 13.3 Å². The van der Waals surface area contributed by atoms with Crippen molar-refractivity contribution in [3.8, 4) is 0 Å². The van der Waals surface area contributed by atoms with Crippen LogP contribution < -0.4 is 5.32 Å². The molecule has 1 saturated heterocycles. The predicted octanol–water partition coefficient (Wildman–Crippen LogP) is -0.257. The van der Waals surface area contributed by atoms with E-state index in [1.165, 1.54) is 0 Å². The zero-order valence-corrected chi connectivity index (χ0v) is 7.46. The Morgan fingerprint density at radius 3 is 2.67 bits per heavy atom. The van der Waals surface area contributed by atoms with Crippen molar-refractivity contribution in [2.45, 2.75) is 26.3 Å². The van der Waals surface area contributed by atoms with Gasteiger partial charge in [0.2, 0.25) is 0 Å². The summed E-state index contributed by atoms with van der Waals surface area (Å²) in [5, 5.41) is 2.65. The standard InChI is InChI=1S/C8H14N2O2/c1-3-6-5-10(4-2)8(12)7(11)9-6/h6H,3-5H2,1-2H3,(H,9,11)/t6-/m0/s1. The van der Waals surface area contributed by atoms with Crippen molar-refractivity contribution in [3.63, 3.8) is 0 Å². The molecule has 4 nitrogen and oxygen atoms in total. The molecule has 1 aliphatic rings. The topological polar surface area (TPSA) is 49.4 Å². The molecule has 4 heteroatoms. The molecule has 0 saturated carbocycles. The van der Waals surface area contributed by atoms with Crippen LogP contribution in [0.5, 0.6) is 0 Å². The Morgan fingerprint density at radius 2 is 2.17 bits per heavy atom. The minimum atomic E-state index is -0.463. The molecule has 1 heterocycles. The van der Waals surface area contributed by atoms with Gasteiger partial charge in [-0.3, -0.25) is 9.59 Å². The third-order valence-corrected chi connectivity index (χ3v) is 2.13. The lowest BCUT2D eigenvalue weighted by atomic mass is 10.1. The van der Waals surface area contributed by atoms with Crippen molar-refractivity contribution in [1.29, 1.82) is 0 Å². The van der Waals surface area contributed by atoms with Gasteiger partial charge in [0.15, 0.2) is 0 Å². The summed E-state index contributed by atoms with van der Waals surface area (Å²) >= 11 is 0. The van der Waals surface area contributed by atoms with Crippen LogP contribution in [0.3, 0.4) is 0 Å². The van der Waals surface area contributed by atoms with Crippen LogP contribution in [0, 0.1) is 0 Å². The Hall–Kier alpha value is -1.06. The lowest BCUT2D eigenvalue weighted by Gasteiger charge is -2.31. The molecule has 0 radical (unpaired) electrons. The highest BCUT2D eigenvalue weighted by Crippen LogP contribution is 2.03. The second-order valence-corrected chi connectivity index (χ2v) is 2.92. The molecule has 1 fully saturated rings. The van der Waals surface area contributed by atoms with Crippen molar-refractivity contribution in [1.82, 2.24) is 10.2 Å². The molecule has 0 aromatic heterocycles. The maximum Gasteiger partial charge on any atom is 0.311 e. The first kappa shape index (κ1) is 9.03. The highest BCUT2D eigenvalue weighted by Gasteiger charge is 2.29. The Labute approximate surface area is 71.9 Å². The lowest BCUT2D eigenvalue weighted by Crippen LogP contribution is -2.57. The summed E-state index contributed by atoms with van der Waals surface area (Å²) in [6.45, 7) is 5.14. The minimum absolute atomic E-state index is 0.134. The summed E-state index contributed by atoms with van der Waals surface area (Å²) in [5.41, 5.74) is 0. The van der Waals surface area contributed by atoms with E-state index in [1.54, 1.807) is 4.90 Å². The number of nitrogens with zero attached hydrogens (tertiary/aromatic N) is 1. The van der Waals surface area contributed by atoms with E-state index in [2.05, 4.69) is 5.32 Å². The fraction of sp³-hybridized carbons (Fsp3) is 0.750. The number of hydrogen-bond acceptors (Lipinski definition) is 2. The molecular formula is C8H14N2O2. The van der Waals surface area contributed by atoms with Crippen molar-refractivity contribution in [2.24, 2.45) is 0 Å². The van der Waals surface area contributed by atoms with Gasteiger partial charge >= 0.3 is 11.8 Å². The fourth-order valence-electron chi connectivity index (χ4n) is 1.29. The molecule has 1 N–H and O–H groups in total. The molecule has 0 aromatic rings. The number of nitrogens with one attached hydrogen (secondary N) is 1. The Bertz CT molecular complexity index is 203. The van der Waals surface area contributed by atoms with E-state index >= 15 is 0 Å². The number of carbonyl (C=O) groups is 2. The SMILES string of the molecule is CC[C@H]1CN(CC)C(=O)C(=O)N1. The van der Waals surface area contributed by atoms with Crippen LogP contribution in [-0.4, -0.2) is 35.8 Å². The molecular weight excluding hydrogens is 156 g/mol. The van der Waals surface area contributed by atoms with Crippen LogP contribution in [0.2, 0.25) is 0 Å². The van der Waals surface area contributed by atoms with Gasteiger partial charge in [-0.2, -0.15) is 0 Å². The monoisotopic (exact) mass is 170 g/mol. The zero-order chi connectivity index (χ0) is 9.14. The molecule has 0 aromatic carbocycles. The molecule has 1 atom stereocenters. The highest BCUT2D eigenvalue weighted by molar-refractivity contribution is 6.35. The van der Waals surface area contributed by atoms with Crippen LogP contribution in [0.15, 0.2) is 0 Å². The summed E-state index contributed by atoms with van der Waals surface area (Å²) < 4.78 is 0. The van der Waals surface area contributed by atoms with Gasteiger partial charge < -0.3 is 10.2 Å². The van der Waals surface area contributed by atoms with Gasteiger partial charge in [-0.25, -0.2) is 0 Å². The van der Waals surface area contributed by atoms with Crippen molar-refractivity contribution in [3.05, 3.63) is 0 Å². The summed E-state index contributed by atoms with van der Waals surface area (Å²) in [4.78, 5) is 23.7. The number of hydrogen-bond donors (Lipinski definition) is 1. The van der Waals surface area contributed by atoms with E-state index in [0.717, 1.165) is 6.42 Å². The fourth-order valence-corrected chi connectivity index (χ4v) is 1.29. The first-order chi connectivity index (χ1) is 5.69. The number of piperazine rings is 1. The maximum absolute atomic E-state index is 11.1. The van der Waals surface area contributed by atoms with Crippen molar-refractivity contribution < 1.29 is 9.59 Å². The molecule has 0 spiro atoms. The third-order valence-electron chi connectivity index (χ3n) is 2.13. The number of rotatable bonds is 2. The van der Waals surface area contributed by atoms with Crippen LogP contribution >= 0.6 is 0 Å². The number of likely N-dealkylation sites (N-methyl/N-ethyl adjacent to an activating group) is 1. The second kappa shape index (κ2) is 3.56. The quantitative estimate of drug-likeness (QED) is 0.581. The molecule has 0 aliphatic carbocycles. The van der Waals surface area contributed by atoms with Gasteiger partial charge in [-0.1, -0.05) is 6.92 Å². The van der Waals surface area contributed by atoms with Crippen LogP contribution in [0.4, 0.5) is 0 Å². The van der Waals surface area contributed by atoms with E-state index in [0.29, 0.717) is 13.1 Å². The average Bonchev–Trinajstić information content (AvgIpc) is 2.09. The Balaban J connectivity index is 2.64. The van der Waals surface area contributed by atoms with Crippen molar-refractivity contribution >= 4 is 11.8 Å². The first-order valence-corrected chi connectivity index (χ1v) is 4.28. The third kappa shape index (κ3) is 1.57. The molecule has 2 amide bonds. The summed E-state index contributed by atoms with van der Waals surface area (Å²) in [7, 11) is 0. The summed E-state index contributed by atoms with van der Waals surface area (Å²) in [6, 6.07) is 0.134. The first-order valence-electron chi connectivity index (χ1n) is 4.28. The van der Waals surface area contributed by atoms with Gasteiger partial charge in [-0.15, -0.1) is 0 Å². The number of amides is 2. The van der Waals surface area contributed by atoms with Gasteiger partial charge in [0.1, 0.15) is 0 Å². The van der Waals surface area contributed by atoms with Crippen LogP contribution in [0.25, 0.3) is 0 Å². The lowest BCUT2D eigenvalue weighted by molar-refractivity contribution is -0.149. The van der Waals surface area contributed by atoms with E-state index < -0.39 is 11.8 Å². The number of carbonyl (C=O) groups excluding carboxylic acids is 2. The molecule has 12 heavy (non-hydrogen) atoms. The van der Waals surface area contributed by atoms with E-state index in [-0.39, 0.29) is 6.04 Å². The molecule has 0 unspecified atom stereocenters. The van der Waals surface area contributed by atoms with Crippen LogP contribution in [-0.2, 0) is 9.59 Å². The maximum atomic E-state index is 11.1. The minimum Gasteiger partial charge on any atom is -0.343 e. The van der Waals surface area contributed by atoms with Crippen molar-refractivity contribution in [2.75, 3.05) is 13.1 Å². The average molecular weight is 170 g/mol. The van der Waals surface area contributed by atoms with Gasteiger partial charge in [0.05, 0.1) is 0 Å². The summed E-state index contributed by atoms with van der Waals surface area (Å²) in [5.74, 6) is -0.864. The highest BCUT2D eigenvalue weighted by atomic mass is 16.2. The zero-order valence-electron chi connectivity index (χ0n) is 7.46. The largest absolute Gasteiger partial charge is 0.343 e. The van der Waals surface area contributed by atoms with E-state index in [9.17, 15) is 9.59 Å². The molecule has 1 rings (SSSR count). The molecule has 0 bridgehead atoms. The van der Waals surface area contributed by atoms with E-state index in [4.69, 9.17) is 0 Å². The van der Waals surface area contributed by atoms with Gasteiger partial charge in [0.25, 0.3) is 0 Å². The Kier molecular flexibility index (Phi) is 2.68. The van der Waals surface area contributed by atoms with Crippen LogP contribution in [0.1, 0.15) is 20.3 Å². The molecule has 68 valence electrons. The molecule has 1 aliphatic heterocycles. The smallest absolute Gasteiger partial charge is 0.311 e.